The first-order valence-electron chi connectivity index (χ1n) is 10.6. The van der Waals surface area contributed by atoms with Crippen molar-refractivity contribution in [3.63, 3.8) is 0 Å². The van der Waals surface area contributed by atoms with Crippen LogP contribution >= 0.6 is 0 Å². The second-order valence-electron chi connectivity index (χ2n) is 8.02. The molecule has 0 aliphatic carbocycles. The van der Waals surface area contributed by atoms with E-state index in [2.05, 4.69) is 4.90 Å². The smallest absolute Gasteiger partial charge is 0.341 e. The Morgan fingerprint density at radius 1 is 1.00 bits per heavy atom. The molecule has 0 spiro atoms. The summed E-state index contributed by atoms with van der Waals surface area (Å²) >= 11 is 0. The van der Waals surface area contributed by atoms with E-state index in [4.69, 9.17) is 4.74 Å². The van der Waals surface area contributed by atoms with Crippen molar-refractivity contribution in [2.45, 2.75) is 13.1 Å². The van der Waals surface area contributed by atoms with Crippen molar-refractivity contribution in [2.24, 2.45) is 0 Å². The lowest BCUT2D eigenvalue weighted by Crippen LogP contribution is -2.32. The minimum atomic E-state index is -1.29. The quantitative estimate of drug-likeness (QED) is 0.497. The van der Waals surface area contributed by atoms with Gasteiger partial charge >= 0.3 is 5.97 Å². The third kappa shape index (κ3) is 4.05. The Balaban J connectivity index is 1.65. The molecule has 0 bridgehead atoms. The van der Waals surface area contributed by atoms with E-state index >= 15 is 0 Å². The van der Waals surface area contributed by atoms with Crippen molar-refractivity contribution in [2.75, 3.05) is 18.1 Å². The van der Waals surface area contributed by atoms with Gasteiger partial charge in [0.1, 0.15) is 23.7 Å². The molecule has 6 nitrogen and oxygen atoms in total. The molecule has 4 aromatic rings. The van der Waals surface area contributed by atoms with Gasteiger partial charge in [-0.1, -0.05) is 42.5 Å². The Hall–Kier alpha value is -4.13. The lowest BCUT2D eigenvalue weighted by Gasteiger charge is -2.32. The van der Waals surface area contributed by atoms with E-state index in [1.54, 1.807) is 28.8 Å². The molecule has 0 unspecified atom stereocenters. The normalized spacial score (nSPS) is 12.9. The molecule has 1 aliphatic heterocycles. The lowest BCUT2D eigenvalue weighted by molar-refractivity contribution is 0.0695. The third-order valence-electron chi connectivity index (χ3n) is 5.83. The molecule has 1 N–H and O–H groups in total. The summed E-state index contributed by atoms with van der Waals surface area (Å²) in [5.41, 5.74) is 2.37. The molecule has 3 aromatic carbocycles. The second kappa shape index (κ2) is 8.43. The Bertz CT molecular complexity index is 1400. The van der Waals surface area contributed by atoms with Crippen LogP contribution in [-0.4, -0.2) is 28.8 Å². The summed E-state index contributed by atoms with van der Waals surface area (Å²) < 4.78 is 21.0. The third-order valence-corrected chi connectivity index (χ3v) is 5.83. The molecular weight excluding hydrogens is 423 g/mol. The van der Waals surface area contributed by atoms with Crippen molar-refractivity contribution in [1.29, 1.82) is 0 Å². The number of benzene rings is 3. The number of aromatic carboxylic acids is 1. The first-order valence-corrected chi connectivity index (χ1v) is 10.6. The van der Waals surface area contributed by atoms with Gasteiger partial charge in [0, 0.05) is 30.7 Å². The Morgan fingerprint density at radius 3 is 2.45 bits per heavy atom. The maximum Gasteiger partial charge on any atom is 0.341 e. The van der Waals surface area contributed by atoms with E-state index in [9.17, 15) is 19.1 Å². The number of aromatic nitrogens is 1. The highest BCUT2D eigenvalue weighted by Crippen LogP contribution is 2.36. The van der Waals surface area contributed by atoms with Crippen molar-refractivity contribution < 1.29 is 19.0 Å². The molecule has 0 amide bonds. The fourth-order valence-corrected chi connectivity index (χ4v) is 4.19. The van der Waals surface area contributed by atoms with Crippen molar-refractivity contribution in [1.82, 2.24) is 4.57 Å². The van der Waals surface area contributed by atoms with Gasteiger partial charge in [0.05, 0.1) is 17.7 Å². The van der Waals surface area contributed by atoms with Crippen molar-refractivity contribution in [3.8, 4) is 5.75 Å². The molecule has 0 fully saturated rings. The van der Waals surface area contributed by atoms with Crippen LogP contribution in [0.15, 0.2) is 77.7 Å². The zero-order valence-corrected chi connectivity index (χ0v) is 17.7. The van der Waals surface area contributed by atoms with E-state index in [1.165, 1.54) is 18.3 Å². The van der Waals surface area contributed by atoms with Gasteiger partial charge in [-0.05, 0) is 29.3 Å². The first kappa shape index (κ1) is 20.8. The number of nitrogens with zero attached hydrogens (tertiary/aromatic N) is 2. The second-order valence-corrected chi connectivity index (χ2v) is 8.02. The van der Waals surface area contributed by atoms with Crippen LogP contribution in [0.25, 0.3) is 10.9 Å². The standard InChI is InChI=1S/C26H21FN2O4/c27-19-8-6-18(7-9-19)15-29-16-21(26(31)32)25(30)20-12-23-24(13-22(20)29)33-11-10-28(23)14-17-4-2-1-3-5-17/h1-9,12-13,16H,10-11,14-15H2,(H,31,32). The zero-order chi connectivity index (χ0) is 22.9. The molecule has 33 heavy (non-hydrogen) atoms. The van der Waals surface area contributed by atoms with Gasteiger partial charge in [0.25, 0.3) is 0 Å². The number of ether oxygens (including phenoxy) is 1. The van der Waals surface area contributed by atoms with E-state index in [-0.39, 0.29) is 17.9 Å². The van der Waals surface area contributed by atoms with E-state index in [0.29, 0.717) is 36.3 Å². The fourth-order valence-electron chi connectivity index (χ4n) is 4.19. The highest BCUT2D eigenvalue weighted by Gasteiger charge is 2.23. The summed E-state index contributed by atoms with van der Waals surface area (Å²) in [6, 6.07) is 19.5. The number of pyridine rings is 1. The Kier molecular flexibility index (Phi) is 5.30. The number of hydrogen-bond donors (Lipinski definition) is 1. The Morgan fingerprint density at radius 2 is 1.73 bits per heavy atom. The van der Waals surface area contributed by atoms with E-state index in [0.717, 1.165) is 16.8 Å². The monoisotopic (exact) mass is 444 g/mol. The SMILES string of the molecule is O=C(O)c1cn(Cc2ccc(F)cc2)c2cc3c(cc2c1=O)N(Cc1ccccc1)CCO3. The number of hydrogen-bond acceptors (Lipinski definition) is 4. The molecule has 166 valence electrons. The summed E-state index contributed by atoms with van der Waals surface area (Å²) in [4.78, 5) is 27.0. The zero-order valence-electron chi connectivity index (χ0n) is 17.7. The van der Waals surface area contributed by atoms with Crippen LogP contribution in [0.5, 0.6) is 5.75 Å². The molecular formula is C26H21FN2O4. The topological polar surface area (TPSA) is 71.8 Å². The van der Waals surface area contributed by atoms with Crippen LogP contribution in [0.3, 0.4) is 0 Å². The molecule has 0 saturated carbocycles. The van der Waals surface area contributed by atoms with E-state index < -0.39 is 11.4 Å². The van der Waals surface area contributed by atoms with Crippen LogP contribution < -0.4 is 15.1 Å². The summed E-state index contributed by atoms with van der Waals surface area (Å²) in [6.07, 6.45) is 1.34. The van der Waals surface area contributed by atoms with Crippen molar-refractivity contribution >= 4 is 22.6 Å². The number of fused-ring (bicyclic) bond motifs is 2. The molecule has 7 heteroatoms. The molecule has 1 aromatic heterocycles. The molecule has 2 heterocycles. The predicted octanol–water partition coefficient (Wildman–Crippen LogP) is 4.29. The minimum absolute atomic E-state index is 0.282. The lowest BCUT2D eigenvalue weighted by atomic mass is 10.1. The number of anilines is 1. The molecule has 0 atom stereocenters. The van der Waals surface area contributed by atoms with Crippen LogP contribution in [0, 0.1) is 5.82 Å². The molecule has 1 aliphatic rings. The maximum atomic E-state index is 13.3. The summed E-state index contributed by atoms with van der Waals surface area (Å²) in [5.74, 6) is -0.999. The van der Waals surface area contributed by atoms with Gasteiger partial charge in [0.15, 0.2) is 0 Å². The van der Waals surface area contributed by atoms with Crippen LogP contribution in [0.1, 0.15) is 21.5 Å². The summed E-state index contributed by atoms with van der Waals surface area (Å²) in [5, 5.41) is 9.94. The van der Waals surface area contributed by atoms with E-state index in [1.807, 2.05) is 30.3 Å². The number of carbonyl (C=O) groups is 1. The average molecular weight is 444 g/mol. The largest absolute Gasteiger partial charge is 0.489 e. The number of carboxylic acid groups (broad SMARTS) is 1. The highest BCUT2D eigenvalue weighted by molar-refractivity contribution is 5.94. The van der Waals surface area contributed by atoms with Gasteiger partial charge in [0.2, 0.25) is 5.43 Å². The van der Waals surface area contributed by atoms with Gasteiger partial charge < -0.3 is 19.3 Å². The highest BCUT2D eigenvalue weighted by atomic mass is 19.1. The van der Waals surface area contributed by atoms with Gasteiger partial charge in [-0.2, -0.15) is 0 Å². The maximum absolute atomic E-state index is 13.3. The van der Waals surface area contributed by atoms with Crippen LogP contribution in [0.4, 0.5) is 10.1 Å². The van der Waals surface area contributed by atoms with Crippen LogP contribution in [0.2, 0.25) is 0 Å². The molecule has 0 radical (unpaired) electrons. The fraction of sp³-hybridized carbons (Fsp3) is 0.154. The molecule has 0 saturated heterocycles. The summed E-state index contributed by atoms with van der Waals surface area (Å²) in [7, 11) is 0. The van der Waals surface area contributed by atoms with Gasteiger partial charge in [-0.15, -0.1) is 0 Å². The molecule has 5 rings (SSSR count). The van der Waals surface area contributed by atoms with Gasteiger partial charge in [-0.25, -0.2) is 9.18 Å². The van der Waals surface area contributed by atoms with Gasteiger partial charge in [-0.3, -0.25) is 4.79 Å². The first-order chi connectivity index (χ1) is 16.0. The number of halogens is 1. The number of rotatable bonds is 5. The van der Waals surface area contributed by atoms with Crippen molar-refractivity contribution in [3.05, 3.63) is 106 Å². The van der Waals surface area contributed by atoms with Crippen LogP contribution in [-0.2, 0) is 13.1 Å². The predicted molar refractivity (Wildman–Crippen MR) is 124 cm³/mol. The average Bonchev–Trinajstić information content (AvgIpc) is 2.82. The Labute approximate surface area is 189 Å². The minimum Gasteiger partial charge on any atom is -0.489 e. The number of carboxylic acids is 1. The summed E-state index contributed by atoms with van der Waals surface area (Å²) in [6.45, 7) is 2.07.